The van der Waals surface area contributed by atoms with E-state index in [2.05, 4.69) is 36.9 Å². The molecule has 4 heteroatoms. The van der Waals surface area contributed by atoms with Crippen LogP contribution in [0.2, 0.25) is 0 Å². The average molecular weight is 336 g/mol. The Hall–Kier alpha value is -2.93. The highest BCUT2D eigenvalue weighted by Gasteiger charge is 2.08. The van der Waals surface area contributed by atoms with Gasteiger partial charge in [0.2, 0.25) is 0 Å². The van der Waals surface area contributed by atoms with Gasteiger partial charge in [0.1, 0.15) is 0 Å². The van der Waals surface area contributed by atoms with Crippen molar-refractivity contribution in [1.29, 1.82) is 5.26 Å². The minimum atomic E-state index is 0.580. The molecule has 0 heterocycles. The maximum atomic E-state index is 9.55. The van der Waals surface area contributed by atoms with Crippen molar-refractivity contribution in [1.82, 2.24) is 0 Å². The van der Waals surface area contributed by atoms with Gasteiger partial charge in [-0.05, 0) is 61.4 Å². The van der Waals surface area contributed by atoms with Gasteiger partial charge < -0.3 is 14.4 Å². The van der Waals surface area contributed by atoms with Gasteiger partial charge in [0.05, 0.1) is 25.9 Å². The number of anilines is 1. The van der Waals surface area contributed by atoms with Crippen molar-refractivity contribution in [3.8, 4) is 17.6 Å². The number of hydrogen-bond donors (Lipinski definition) is 0. The van der Waals surface area contributed by atoms with E-state index >= 15 is 0 Å². The Morgan fingerprint density at radius 3 is 2.16 bits per heavy atom. The molecule has 0 amide bonds. The first-order valence-electron chi connectivity index (χ1n) is 8.36. The van der Waals surface area contributed by atoms with Crippen LogP contribution in [0.3, 0.4) is 0 Å². The highest BCUT2D eigenvalue weighted by atomic mass is 16.5. The predicted octanol–water partition coefficient (Wildman–Crippen LogP) is 4.61. The third-order valence-corrected chi connectivity index (χ3v) is 4.15. The lowest BCUT2D eigenvalue weighted by Gasteiger charge is -2.20. The van der Waals surface area contributed by atoms with E-state index in [0.717, 1.165) is 24.2 Å². The zero-order valence-corrected chi connectivity index (χ0v) is 15.2. The first-order chi connectivity index (χ1) is 12.2. The van der Waals surface area contributed by atoms with E-state index in [1.54, 1.807) is 14.2 Å². The normalized spacial score (nSPS) is 10.9. The van der Waals surface area contributed by atoms with Crippen molar-refractivity contribution in [2.75, 3.05) is 32.2 Å². The SMILES string of the molecule is CCN(CC)c1ccc(/C=C(/C#N)c2ccc(OC)c(OC)c2)cc1. The topological polar surface area (TPSA) is 45.5 Å². The minimum Gasteiger partial charge on any atom is -0.493 e. The van der Waals surface area contributed by atoms with Crippen LogP contribution in [0.5, 0.6) is 11.5 Å². The third-order valence-electron chi connectivity index (χ3n) is 4.15. The second-order valence-corrected chi connectivity index (χ2v) is 5.50. The Kier molecular flexibility index (Phi) is 6.47. The maximum absolute atomic E-state index is 9.55. The van der Waals surface area contributed by atoms with Gasteiger partial charge in [-0.15, -0.1) is 0 Å². The number of nitrogens with zero attached hydrogens (tertiary/aromatic N) is 2. The standard InChI is InChI=1S/C21H24N2O2/c1-5-23(6-2)19-10-7-16(8-11-19)13-18(15-22)17-9-12-20(24-3)21(14-17)25-4/h7-14H,5-6H2,1-4H3/b18-13-. The Morgan fingerprint density at radius 1 is 1.00 bits per heavy atom. The van der Waals surface area contributed by atoms with Gasteiger partial charge in [0.25, 0.3) is 0 Å². The fourth-order valence-electron chi connectivity index (χ4n) is 2.72. The van der Waals surface area contributed by atoms with E-state index in [1.807, 2.05) is 36.4 Å². The largest absolute Gasteiger partial charge is 0.493 e. The van der Waals surface area contributed by atoms with Crippen molar-refractivity contribution >= 4 is 17.3 Å². The van der Waals surface area contributed by atoms with Crippen LogP contribution in [0, 0.1) is 11.3 Å². The summed E-state index contributed by atoms with van der Waals surface area (Å²) in [7, 11) is 3.18. The lowest BCUT2D eigenvalue weighted by atomic mass is 10.0. The quantitative estimate of drug-likeness (QED) is 0.547. The smallest absolute Gasteiger partial charge is 0.161 e. The zero-order valence-electron chi connectivity index (χ0n) is 15.2. The summed E-state index contributed by atoms with van der Waals surface area (Å²) in [6.07, 6.45) is 1.88. The van der Waals surface area contributed by atoms with E-state index < -0.39 is 0 Å². The van der Waals surface area contributed by atoms with E-state index in [-0.39, 0.29) is 0 Å². The molecule has 0 aliphatic heterocycles. The molecule has 0 aliphatic rings. The zero-order chi connectivity index (χ0) is 18.2. The lowest BCUT2D eigenvalue weighted by molar-refractivity contribution is 0.355. The third kappa shape index (κ3) is 4.33. The maximum Gasteiger partial charge on any atom is 0.161 e. The number of methoxy groups -OCH3 is 2. The van der Waals surface area contributed by atoms with Gasteiger partial charge in [-0.25, -0.2) is 0 Å². The van der Waals surface area contributed by atoms with Gasteiger partial charge in [-0.3, -0.25) is 0 Å². The lowest BCUT2D eigenvalue weighted by Crippen LogP contribution is -2.21. The number of benzene rings is 2. The summed E-state index contributed by atoms with van der Waals surface area (Å²) in [5.74, 6) is 1.25. The number of nitriles is 1. The Bertz CT molecular complexity index is 769. The van der Waals surface area contributed by atoms with Crippen LogP contribution in [-0.4, -0.2) is 27.3 Å². The summed E-state index contributed by atoms with van der Waals surface area (Å²) >= 11 is 0. The fourth-order valence-corrected chi connectivity index (χ4v) is 2.72. The minimum absolute atomic E-state index is 0.580. The molecule has 2 rings (SSSR count). The van der Waals surface area contributed by atoms with Crippen molar-refractivity contribution in [2.24, 2.45) is 0 Å². The predicted molar refractivity (Wildman–Crippen MR) is 103 cm³/mol. The summed E-state index contributed by atoms with van der Waals surface area (Å²) in [6.45, 7) is 6.23. The van der Waals surface area contributed by atoms with Crippen molar-refractivity contribution in [3.05, 3.63) is 53.6 Å². The summed E-state index contributed by atoms with van der Waals surface area (Å²) in [5, 5.41) is 9.55. The molecule has 4 nitrogen and oxygen atoms in total. The van der Waals surface area contributed by atoms with Crippen LogP contribution in [0.25, 0.3) is 11.6 Å². The monoisotopic (exact) mass is 336 g/mol. The second-order valence-electron chi connectivity index (χ2n) is 5.50. The molecule has 0 radical (unpaired) electrons. The molecule has 0 aliphatic carbocycles. The van der Waals surface area contributed by atoms with Crippen molar-refractivity contribution in [3.63, 3.8) is 0 Å². The van der Waals surface area contributed by atoms with Crippen LogP contribution in [0.4, 0.5) is 5.69 Å². The Morgan fingerprint density at radius 2 is 1.64 bits per heavy atom. The molecule has 0 unspecified atom stereocenters. The molecule has 0 saturated heterocycles. The summed E-state index contributed by atoms with van der Waals surface area (Å²) in [6, 6.07) is 16.0. The molecule has 0 spiro atoms. The van der Waals surface area contributed by atoms with Crippen molar-refractivity contribution in [2.45, 2.75) is 13.8 Å². The van der Waals surface area contributed by atoms with E-state index in [9.17, 15) is 5.26 Å². The number of allylic oxidation sites excluding steroid dienone is 1. The number of ether oxygens (including phenoxy) is 2. The van der Waals surface area contributed by atoms with Gasteiger partial charge >= 0.3 is 0 Å². The summed E-state index contributed by atoms with van der Waals surface area (Å²) in [5.41, 5.74) is 3.55. The molecule has 0 aromatic heterocycles. The molecule has 0 atom stereocenters. The van der Waals surface area contributed by atoms with E-state index in [4.69, 9.17) is 9.47 Å². The van der Waals surface area contributed by atoms with Gasteiger partial charge in [0, 0.05) is 18.8 Å². The highest BCUT2D eigenvalue weighted by Crippen LogP contribution is 2.31. The van der Waals surface area contributed by atoms with E-state index in [1.165, 1.54) is 5.69 Å². The average Bonchev–Trinajstić information content (AvgIpc) is 2.67. The fraction of sp³-hybridized carbons (Fsp3) is 0.286. The highest BCUT2D eigenvalue weighted by molar-refractivity contribution is 5.90. The molecular formula is C21H24N2O2. The molecule has 2 aromatic carbocycles. The molecule has 130 valence electrons. The van der Waals surface area contributed by atoms with Gasteiger partial charge in [-0.2, -0.15) is 5.26 Å². The molecule has 0 bridgehead atoms. The summed E-state index contributed by atoms with van der Waals surface area (Å²) in [4.78, 5) is 2.28. The molecule has 2 aromatic rings. The molecule has 0 saturated carbocycles. The molecule has 0 fully saturated rings. The molecule has 0 N–H and O–H groups in total. The van der Waals surface area contributed by atoms with Gasteiger partial charge in [-0.1, -0.05) is 12.1 Å². The van der Waals surface area contributed by atoms with Crippen LogP contribution < -0.4 is 14.4 Å². The van der Waals surface area contributed by atoms with Crippen LogP contribution in [-0.2, 0) is 0 Å². The van der Waals surface area contributed by atoms with Crippen LogP contribution >= 0.6 is 0 Å². The van der Waals surface area contributed by atoms with E-state index in [0.29, 0.717) is 17.1 Å². The molecule has 25 heavy (non-hydrogen) atoms. The Balaban J connectivity index is 2.33. The van der Waals surface area contributed by atoms with Crippen LogP contribution in [0.1, 0.15) is 25.0 Å². The Labute approximate surface area is 149 Å². The number of rotatable bonds is 7. The van der Waals surface area contributed by atoms with Crippen molar-refractivity contribution < 1.29 is 9.47 Å². The van der Waals surface area contributed by atoms with Crippen LogP contribution in [0.15, 0.2) is 42.5 Å². The number of hydrogen-bond acceptors (Lipinski definition) is 4. The molecular weight excluding hydrogens is 312 g/mol. The second kappa shape index (κ2) is 8.79. The first kappa shape index (κ1) is 18.4. The van der Waals surface area contributed by atoms with Gasteiger partial charge in [0.15, 0.2) is 11.5 Å². The first-order valence-corrected chi connectivity index (χ1v) is 8.36. The summed E-state index contributed by atoms with van der Waals surface area (Å²) < 4.78 is 10.6.